The highest BCUT2D eigenvalue weighted by Gasteiger charge is 2.28. The van der Waals surface area contributed by atoms with Crippen LogP contribution in [0.2, 0.25) is 5.02 Å². The summed E-state index contributed by atoms with van der Waals surface area (Å²) >= 11 is 5.82. The minimum absolute atomic E-state index is 0.0423. The van der Waals surface area contributed by atoms with Crippen molar-refractivity contribution in [2.45, 2.75) is 0 Å². The van der Waals surface area contributed by atoms with E-state index in [1.54, 1.807) is 24.3 Å². The van der Waals surface area contributed by atoms with E-state index in [4.69, 9.17) is 16.3 Å². The van der Waals surface area contributed by atoms with Crippen LogP contribution in [0.5, 0.6) is 0 Å². The van der Waals surface area contributed by atoms with Crippen molar-refractivity contribution in [3.8, 4) is 0 Å². The van der Waals surface area contributed by atoms with Crippen molar-refractivity contribution in [2.24, 2.45) is 0 Å². The Morgan fingerprint density at radius 1 is 1.05 bits per heavy atom. The summed E-state index contributed by atoms with van der Waals surface area (Å²) in [5, 5.41) is 0.528. The first-order chi connectivity index (χ1) is 10.1. The van der Waals surface area contributed by atoms with E-state index in [1.807, 2.05) is 0 Å². The lowest BCUT2D eigenvalue weighted by molar-refractivity contribution is -0.133. The molecule has 0 aliphatic carbocycles. The molecule has 0 amide bonds. The van der Waals surface area contributed by atoms with Crippen molar-refractivity contribution < 1.29 is 18.3 Å². The van der Waals surface area contributed by atoms with Gasteiger partial charge in [0.25, 0.3) is 0 Å². The van der Waals surface area contributed by atoms with E-state index in [-0.39, 0.29) is 17.7 Å². The van der Waals surface area contributed by atoms with E-state index in [0.717, 1.165) is 12.1 Å². The number of carbonyl (C=O) groups excluding carboxylic acids is 1. The average Bonchev–Trinajstić information content (AvgIpc) is 2.82. The van der Waals surface area contributed by atoms with E-state index in [0.29, 0.717) is 16.2 Å². The van der Waals surface area contributed by atoms with Crippen molar-refractivity contribution >= 4 is 28.7 Å². The Bertz CT molecular complexity index is 751. The first-order valence-corrected chi connectivity index (χ1v) is 6.55. The summed E-state index contributed by atoms with van der Waals surface area (Å²) in [6.07, 6.45) is 0. The molecule has 1 heterocycles. The Kier molecular flexibility index (Phi) is 3.47. The number of esters is 1. The molecule has 2 nitrogen and oxygen atoms in total. The third-order valence-corrected chi connectivity index (χ3v) is 3.49. The quantitative estimate of drug-likeness (QED) is 0.781. The fourth-order valence-corrected chi connectivity index (χ4v) is 2.39. The number of halogens is 3. The maximum absolute atomic E-state index is 13.9. The second-order valence-electron chi connectivity index (χ2n) is 4.56. The summed E-state index contributed by atoms with van der Waals surface area (Å²) < 4.78 is 31.9. The molecule has 0 fully saturated rings. The summed E-state index contributed by atoms with van der Waals surface area (Å²) in [4.78, 5) is 11.9. The molecule has 0 bridgehead atoms. The van der Waals surface area contributed by atoms with Gasteiger partial charge in [-0.1, -0.05) is 23.7 Å². The second kappa shape index (κ2) is 5.30. The van der Waals surface area contributed by atoms with Crippen LogP contribution in [0, 0.1) is 11.6 Å². The number of hydrogen-bond acceptors (Lipinski definition) is 2. The van der Waals surface area contributed by atoms with Crippen LogP contribution in [0.25, 0.3) is 11.1 Å². The van der Waals surface area contributed by atoms with Gasteiger partial charge in [0, 0.05) is 22.2 Å². The van der Waals surface area contributed by atoms with Gasteiger partial charge in [-0.3, -0.25) is 0 Å². The summed E-state index contributed by atoms with van der Waals surface area (Å²) in [6.45, 7) is -0.0423. The van der Waals surface area contributed by atoms with E-state index < -0.39 is 17.6 Å². The fourth-order valence-electron chi connectivity index (χ4n) is 2.26. The fraction of sp³-hybridized carbons (Fsp3) is 0.0625. The highest BCUT2D eigenvalue weighted by Crippen LogP contribution is 2.34. The maximum Gasteiger partial charge on any atom is 0.339 e. The van der Waals surface area contributed by atoms with Crippen LogP contribution in [-0.4, -0.2) is 12.6 Å². The highest BCUT2D eigenvalue weighted by molar-refractivity contribution is 6.31. The molecule has 0 saturated carbocycles. The second-order valence-corrected chi connectivity index (χ2v) is 5.00. The zero-order valence-corrected chi connectivity index (χ0v) is 11.5. The topological polar surface area (TPSA) is 26.3 Å². The van der Waals surface area contributed by atoms with E-state index in [2.05, 4.69) is 0 Å². The lowest BCUT2D eigenvalue weighted by Crippen LogP contribution is -1.98. The predicted octanol–water partition coefficient (Wildman–Crippen LogP) is 4.09. The van der Waals surface area contributed by atoms with Crippen LogP contribution >= 0.6 is 11.6 Å². The van der Waals surface area contributed by atoms with Crippen molar-refractivity contribution in [1.82, 2.24) is 0 Å². The van der Waals surface area contributed by atoms with Crippen LogP contribution in [0.1, 0.15) is 11.1 Å². The minimum atomic E-state index is -0.727. The van der Waals surface area contributed by atoms with Crippen LogP contribution in [-0.2, 0) is 9.53 Å². The molecule has 0 N–H and O–H groups in total. The zero-order chi connectivity index (χ0) is 15.0. The molecule has 0 saturated heterocycles. The first kappa shape index (κ1) is 13.8. The third-order valence-electron chi connectivity index (χ3n) is 3.24. The van der Waals surface area contributed by atoms with Crippen molar-refractivity contribution in [3.05, 3.63) is 70.2 Å². The van der Waals surface area contributed by atoms with Gasteiger partial charge in [0.1, 0.15) is 18.2 Å². The molecule has 0 radical (unpaired) electrons. The molecule has 0 unspecified atom stereocenters. The van der Waals surface area contributed by atoms with Gasteiger partial charge < -0.3 is 4.74 Å². The van der Waals surface area contributed by atoms with Gasteiger partial charge in [-0.15, -0.1) is 0 Å². The first-order valence-electron chi connectivity index (χ1n) is 6.18. The normalized spacial score (nSPS) is 14.5. The lowest BCUT2D eigenvalue weighted by Gasteiger charge is -2.06. The Morgan fingerprint density at radius 3 is 2.43 bits per heavy atom. The molecular weight excluding hydrogens is 298 g/mol. The van der Waals surface area contributed by atoms with E-state index in [1.165, 1.54) is 6.07 Å². The maximum atomic E-state index is 13.9. The molecule has 0 spiro atoms. The molecule has 21 heavy (non-hydrogen) atoms. The van der Waals surface area contributed by atoms with Crippen molar-refractivity contribution in [2.75, 3.05) is 6.61 Å². The number of cyclic esters (lactones) is 1. The molecule has 106 valence electrons. The minimum Gasteiger partial charge on any atom is -0.457 e. The number of benzene rings is 2. The zero-order valence-electron chi connectivity index (χ0n) is 10.7. The van der Waals surface area contributed by atoms with Crippen molar-refractivity contribution in [3.63, 3.8) is 0 Å². The van der Waals surface area contributed by atoms with Crippen LogP contribution in [0.3, 0.4) is 0 Å². The molecule has 1 aliphatic heterocycles. The Balaban J connectivity index is 2.17. The summed E-state index contributed by atoms with van der Waals surface area (Å²) in [5.74, 6) is -1.93. The van der Waals surface area contributed by atoms with Crippen molar-refractivity contribution in [1.29, 1.82) is 0 Å². The Hall–Kier alpha value is -2.20. The Morgan fingerprint density at radius 2 is 1.76 bits per heavy atom. The predicted molar refractivity (Wildman–Crippen MR) is 75.6 cm³/mol. The average molecular weight is 307 g/mol. The molecule has 3 rings (SSSR count). The van der Waals surface area contributed by atoms with Gasteiger partial charge >= 0.3 is 5.97 Å². The monoisotopic (exact) mass is 306 g/mol. The molecule has 1 aliphatic rings. The van der Waals surface area contributed by atoms with Gasteiger partial charge in [0.2, 0.25) is 0 Å². The number of carbonyl (C=O) groups is 1. The van der Waals surface area contributed by atoms with E-state index >= 15 is 0 Å². The number of ether oxygens (including phenoxy) is 1. The largest absolute Gasteiger partial charge is 0.457 e. The lowest BCUT2D eigenvalue weighted by atomic mass is 9.96. The smallest absolute Gasteiger partial charge is 0.339 e. The highest BCUT2D eigenvalue weighted by atomic mass is 35.5. The van der Waals surface area contributed by atoms with Gasteiger partial charge in [-0.2, -0.15) is 0 Å². The summed E-state index contributed by atoms with van der Waals surface area (Å²) in [5.41, 5.74) is 1.42. The summed E-state index contributed by atoms with van der Waals surface area (Å²) in [6, 6.07) is 9.82. The Labute approximate surface area is 124 Å². The molecular formula is C16H9ClF2O2. The number of rotatable bonds is 2. The number of hydrogen-bond donors (Lipinski definition) is 0. The third kappa shape index (κ3) is 2.54. The molecule has 0 aromatic heterocycles. The van der Waals surface area contributed by atoms with Gasteiger partial charge in [-0.05, 0) is 29.8 Å². The molecule has 5 heteroatoms. The molecule has 2 aromatic carbocycles. The SMILES string of the molecule is O=C1OCC(c2ccc(F)cc2F)=C1c1ccc(Cl)cc1. The standard InChI is InChI=1S/C16H9ClF2O2/c17-10-3-1-9(2-4-10)15-13(8-21-16(15)20)12-6-5-11(18)7-14(12)19/h1-7H,8H2. The molecule has 0 atom stereocenters. The summed E-state index contributed by atoms with van der Waals surface area (Å²) in [7, 11) is 0. The van der Waals surface area contributed by atoms with Gasteiger partial charge in [0.05, 0.1) is 5.57 Å². The van der Waals surface area contributed by atoms with E-state index in [9.17, 15) is 13.6 Å². The van der Waals surface area contributed by atoms with Crippen LogP contribution in [0.15, 0.2) is 42.5 Å². The van der Waals surface area contributed by atoms with Gasteiger partial charge in [-0.25, -0.2) is 13.6 Å². The van der Waals surface area contributed by atoms with Gasteiger partial charge in [0.15, 0.2) is 0 Å². The molecule has 2 aromatic rings. The van der Waals surface area contributed by atoms with Crippen LogP contribution in [0.4, 0.5) is 8.78 Å². The van der Waals surface area contributed by atoms with Crippen LogP contribution < -0.4 is 0 Å².